The van der Waals surface area contributed by atoms with E-state index >= 15 is 0 Å². The number of fused-ring (bicyclic) bond motifs is 1. The van der Waals surface area contributed by atoms with Crippen LogP contribution in [0.1, 0.15) is 29.7 Å². The summed E-state index contributed by atoms with van der Waals surface area (Å²) in [5.74, 6) is -0.246. The van der Waals surface area contributed by atoms with Gasteiger partial charge in [-0.1, -0.05) is 30.3 Å². The highest BCUT2D eigenvalue weighted by Crippen LogP contribution is 2.34. The van der Waals surface area contributed by atoms with Gasteiger partial charge >= 0.3 is 12.0 Å². The zero-order chi connectivity index (χ0) is 22.7. The lowest BCUT2D eigenvalue weighted by Crippen LogP contribution is -2.48. The Kier molecular flexibility index (Phi) is 6.32. The SMILES string of the molecule is CCOc1cc([C@H]2NC(=O)NC(CN3CCc4ccccc4C3)=C2C(=O)OC)ccc1O. The average molecular weight is 437 g/mol. The molecular weight excluding hydrogens is 410 g/mol. The van der Waals surface area contributed by atoms with E-state index in [1.54, 1.807) is 12.1 Å². The molecule has 2 aromatic carbocycles. The molecule has 0 bridgehead atoms. The zero-order valence-electron chi connectivity index (χ0n) is 18.2. The van der Waals surface area contributed by atoms with Crippen LogP contribution in [0.5, 0.6) is 11.5 Å². The normalized spacial score (nSPS) is 18.4. The predicted molar refractivity (Wildman–Crippen MR) is 118 cm³/mol. The first-order valence-electron chi connectivity index (χ1n) is 10.6. The Morgan fingerprint density at radius 3 is 2.75 bits per heavy atom. The maximum Gasteiger partial charge on any atom is 0.338 e. The van der Waals surface area contributed by atoms with Crippen LogP contribution >= 0.6 is 0 Å². The van der Waals surface area contributed by atoms with Gasteiger partial charge in [0.25, 0.3) is 0 Å². The van der Waals surface area contributed by atoms with Crippen molar-refractivity contribution in [2.75, 3.05) is 26.8 Å². The quantitative estimate of drug-likeness (QED) is 0.601. The number of hydrogen-bond donors (Lipinski definition) is 3. The van der Waals surface area contributed by atoms with Gasteiger partial charge in [0.15, 0.2) is 11.5 Å². The Morgan fingerprint density at radius 2 is 2.00 bits per heavy atom. The Labute approximate surface area is 186 Å². The molecule has 0 aliphatic carbocycles. The highest BCUT2D eigenvalue weighted by molar-refractivity contribution is 5.95. The van der Waals surface area contributed by atoms with Crippen molar-refractivity contribution in [3.05, 3.63) is 70.4 Å². The molecule has 1 atom stereocenters. The zero-order valence-corrected chi connectivity index (χ0v) is 18.2. The van der Waals surface area contributed by atoms with Gasteiger partial charge in [0.05, 0.1) is 25.3 Å². The molecule has 2 heterocycles. The number of benzene rings is 2. The summed E-state index contributed by atoms with van der Waals surface area (Å²) in [4.78, 5) is 27.5. The van der Waals surface area contributed by atoms with Crippen LogP contribution in [0.4, 0.5) is 4.79 Å². The number of rotatable bonds is 6. The van der Waals surface area contributed by atoms with Crippen LogP contribution < -0.4 is 15.4 Å². The van der Waals surface area contributed by atoms with Crippen LogP contribution in [0.2, 0.25) is 0 Å². The van der Waals surface area contributed by atoms with Crippen LogP contribution in [0.3, 0.4) is 0 Å². The Bertz CT molecular complexity index is 1070. The van der Waals surface area contributed by atoms with Gasteiger partial charge in [0.1, 0.15) is 0 Å². The summed E-state index contributed by atoms with van der Waals surface area (Å²) < 4.78 is 10.5. The molecule has 8 nitrogen and oxygen atoms in total. The van der Waals surface area contributed by atoms with E-state index in [-0.39, 0.29) is 11.5 Å². The summed E-state index contributed by atoms with van der Waals surface area (Å²) in [5.41, 5.74) is 4.03. The number of amides is 2. The van der Waals surface area contributed by atoms with Crippen molar-refractivity contribution in [2.45, 2.75) is 25.9 Å². The fourth-order valence-electron chi connectivity index (χ4n) is 4.24. The number of nitrogens with zero attached hydrogens (tertiary/aromatic N) is 1. The van der Waals surface area contributed by atoms with Crippen molar-refractivity contribution >= 4 is 12.0 Å². The molecule has 0 saturated heterocycles. The smallest absolute Gasteiger partial charge is 0.338 e. The number of ether oxygens (including phenoxy) is 2. The molecule has 0 saturated carbocycles. The number of carbonyl (C=O) groups excluding carboxylic acids is 2. The lowest BCUT2D eigenvalue weighted by molar-refractivity contribution is -0.136. The molecule has 0 spiro atoms. The van der Waals surface area contributed by atoms with Gasteiger partial charge in [-0.2, -0.15) is 0 Å². The third-order valence-electron chi connectivity index (χ3n) is 5.77. The van der Waals surface area contributed by atoms with Gasteiger partial charge in [-0.3, -0.25) is 4.90 Å². The van der Waals surface area contributed by atoms with E-state index in [4.69, 9.17) is 9.47 Å². The van der Waals surface area contributed by atoms with Crippen molar-refractivity contribution < 1.29 is 24.2 Å². The predicted octanol–water partition coefficient (Wildman–Crippen LogP) is 2.63. The molecule has 2 amide bonds. The minimum atomic E-state index is -0.733. The van der Waals surface area contributed by atoms with Crippen molar-refractivity contribution in [1.29, 1.82) is 0 Å². The van der Waals surface area contributed by atoms with E-state index in [1.807, 2.05) is 19.1 Å². The number of urea groups is 1. The lowest BCUT2D eigenvalue weighted by Gasteiger charge is -2.34. The number of methoxy groups -OCH3 is 1. The van der Waals surface area contributed by atoms with Crippen molar-refractivity contribution in [3.8, 4) is 11.5 Å². The third-order valence-corrected chi connectivity index (χ3v) is 5.77. The Morgan fingerprint density at radius 1 is 1.22 bits per heavy atom. The molecule has 4 rings (SSSR count). The molecule has 3 N–H and O–H groups in total. The molecule has 0 unspecified atom stereocenters. The fourth-order valence-corrected chi connectivity index (χ4v) is 4.24. The van der Waals surface area contributed by atoms with Crippen LogP contribution in [0.15, 0.2) is 53.7 Å². The minimum Gasteiger partial charge on any atom is -0.504 e. The maximum absolute atomic E-state index is 12.8. The van der Waals surface area contributed by atoms with Crippen molar-refractivity contribution in [1.82, 2.24) is 15.5 Å². The summed E-state index contributed by atoms with van der Waals surface area (Å²) >= 11 is 0. The largest absolute Gasteiger partial charge is 0.504 e. The van der Waals surface area contributed by atoms with Crippen LogP contribution in [-0.2, 0) is 22.5 Å². The molecular formula is C24H27N3O5. The first kappa shape index (κ1) is 21.7. The van der Waals surface area contributed by atoms with Gasteiger partial charge in [0, 0.05) is 25.3 Å². The molecule has 8 heteroatoms. The Balaban J connectivity index is 1.68. The van der Waals surface area contributed by atoms with E-state index in [1.165, 1.54) is 24.3 Å². The number of esters is 1. The maximum atomic E-state index is 12.8. The molecule has 0 fully saturated rings. The van der Waals surface area contributed by atoms with Gasteiger partial charge in [-0.05, 0) is 42.2 Å². The van der Waals surface area contributed by atoms with E-state index in [0.717, 1.165) is 19.5 Å². The topological polar surface area (TPSA) is 100 Å². The number of aromatic hydroxyl groups is 1. The standard InChI is InChI=1S/C24H27N3O5/c1-3-32-20-12-16(8-9-19(20)28)22-21(23(29)31-2)18(25-24(30)26-22)14-27-11-10-15-6-4-5-7-17(15)13-27/h4-9,12,22,28H,3,10-11,13-14H2,1-2H3,(H2,25,26,30)/t22-/m1/s1. The van der Waals surface area contributed by atoms with E-state index < -0.39 is 18.0 Å². The molecule has 2 aliphatic rings. The minimum absolute atomic E-state index is 0.00772. The third kappa shape index (κ3) is 4.40. The first-order valence-corrected chi connectivity index (χ1v) is 10.6. The summed E-state index contributed by atoms with van der Waals surface area (Å²) in [7, 11) is 1.32. The van der Waals surface area contributed by atoms with Gasteiger partial charge in [-0.15, -0.1) is 0 Å². The first-order chi connectivity index (χ1) is 15.5. The second kappa shape index (κ2) is 9.32. The van der Waals surface area contributed by atoms with E-state index in [9.17, 15) is 14.7 Å². The van der Waals surface area contributed by atoms with Crippen LogP contribution in [0, 0.1) is 0 Å². The van der Waals surface area contributed by atoms with Gasteiger partial charge < -0.3 is 25.2 Å². The molecule has 32 heavy (non-hydrogen) atoms. The lowest BCUT2D eigenvalue weighted by atomic mass is 9.94. The number of phenols is 1. The monoisotopic (exact) mass is 437 g/mol. The fraction of sp³-hybridized carbons (Fsp3) is 0.333. The molecule has 168 valence electrons. The number of phenolic OH excluding ortho intramolecular Hbond substituents is 1. The van der Waals surface area contributed by atoms with Crippen molar-refractivity contribution in [2.24, 2.45) is 0 Å². The molecule has 0 radical (unpaired) electrons. The summed E-state index contributed by atoms with van der Waals surface area (Å²) in [6.07, 6.45) is 0.905. The summed E-state index contributed by atoms with van der Waals surface area (Å²) in [6.45, 7) is 4.13. The molecule has 2 aliphatic heterocycles. The number of hydrogen-bond acceptors (Lipinski definition) is 6. The van der Waals surface area contributed by atoms with Gasteiger partial charge in [-0.25, -0.2) is 9.59 Å². The highest BCUT2D eigenvalue weighted by Gasteiger charge is 2.35. The summed E-state index contributed by atoms with van der Waals surface area (Å²) in [5, 5.41) is 15.7. The van der Waals surface area contributed by atoms with Crippen LogP contribution in [-0.4, -0.2) is 48.8 Å². The van der Waals surface area contributed by atoms with E-state index in [2.05, 4.69) is 27.7 Å². The van der Waals surface area contributed by atoms with Gasteiger partial charge in [0.2, 0.25) is 0 Å². The second-order valence-electron chi connectivity index (χ2n) is 7.80. The van der Waals surface area contributed by atoms with Crippen LogP contribution in [0.25, 0.3) is 0 Å². The number of carbonyl (C=O) groups is 2. The summed E-state index contributed by atoms with van der Waals surface area (Å²) in [6, 6.07) is 11.9. The van der Waals surface area contributed by atoms with E-state index in [0.29, 0.717) is 30.0 Å². The highest BCUT2D eigenvalue weighted by atomic mass is 16.5. The second-order valence-corrected chi connectivity index (χ2v) is 7.80. The molecule has 0 aromatic heterocycles. The average Bonchev–Trinajstić information content (AvgIpc) is 2.80. The van der Waals surface area contributed by atoms with Crippen molar-refractivity contribution in [3.63, 3.8) is 0 Å². The molecule has 2 aromatic rings. The Hall–Kier alpha value is -3.52. The number of nitrogens with one attached hydrogen (secondary N) is 2.